The molecular formula is C24H31N9O2. The first-order valence-corrected chi connectivity index (χ1v) is 11.0. The minimum absolute atomic E-state index is 0.0685. The average Bonchev–Trinajstić information content (AvgIpc) is 3.49. The van der Waals surface area contributed by atoms with Gasteiger partial charge in [-0.25, -0.2) is 4.99 Å². The van der Waals surface area contributed by atoms with Gasteiger partial charge in [0.2, 0.25) is 5.91 Å². The molecule has 0 fully saturated rings. The van der Waals surface area contributed by atoms with E-state index in [-0.39, 0.29) is 24.2 Å². The zero-order valence-electron chi connectivity index (χ0n) is 20.6. The normalized spacial score (nSPS) is 13.8. The Labute approximate surface area is 204 Å². The fourth-order valence-corrected chi connectivity index (χ4v) is 3.33. The summed E-state index contributed by atoms with van der Waals surface area (Å²) in [5.74, 6) is 1.07. The summed E-state index contributed by atoms with van der Waals surface area (Å²) in [4.78, 5) is 26.7. The largest absolute Gasteiger partial charge is 0.404 e. The van der Waals surface area contributed by atoms with E-state index in [0.717, 1.165) is 5.56 Å². The Balaban J connectivity index is 1.90. The standard InChI is InChI=1S/C24H31N9O2/c1-15(2)24(4,19-7-8-20(28-12-19)17(9-25)10-27-16(3)26)23-30-22(35-31-23)18-11-29-33(13-18)14-21(34)32(5)6/h7-13,15H,3,14,25-26H2,1-2,4-6H3/b17-9+,27-10?/t24-/m0/s1. The Morgan fingerprint density at radius 2 is 2.09 bits per heavy atom. The molecule has 1 amide bonds. The Hall–Kier alpha value is -4.28. The van der Waals surface area contributed by atoms with E-state index in [1.54, 1.807) is 32.7 Å². The van der Waals surface area contributed by atoms with E-state index in [1.165, 1.54) is 22.0 Å². The van der Waals surface area contributed by atoms with Crippen LogP contribution >= 0.6 is 0 Å². The molecule has 3 aromatic rings. The van der Waals surface area contributed by atoms with Crippen molar-refractivity contribution in [1.82, 2.24) is 29.8 Å². The van der Waals surface area contributed by atoms with Gasteiger partial charge < -0.3 is 20.9 Å². The van der Waals surface area contributed by atoms with Crippen LogP contribution < -0.4 is 11.5 Å². The Morgan fingerprint density at radius 3 is 2.66 bits per heavy atom. The van der Waals surface area contributed by atoms with Crippen LogP contribution in [-0.2, 0) is 16.8 Å². The quantitative estimate of drug-likeness (QED) is 0.444. The van der Waals surface area contributed by atoms with E-state index in [4.69, 9.17) is 16.0 Å². The number of carbonyl (C=O) groups is 1. The van der Waals surface area contributed by atoms with Crippen molar-refractivity contribution >= 4 is 17.7 Å². The number of pyridine rings is 1. The van der Waals surface area contributed by atoms with Gasteiger partial charge >= 0.3 is 0 Å². The molecule has 0 radical (unpaired) electrons. The fourth-order valence-electron chi connectivity index (χ4n) is 3.33. The molecular weight excluding hydrogens is 446 g/mol. The minimum Gasteiger partial charge on any atom is -0.404 e. The third kappa shape index (κ3) is 5.45. The van der Waals surface area contributed by atoms with Crippen LogP contribution in [0.25, 0.3) is 17.0 Å². The number of likely N-dealkylation sites (N-methyl/N-ethyl adjacent to an activating group) is 1. The molecule has 0 aromatic carbocycles. The summed E-state index contributed by atoms with van der Waals surface area (Å²) in [6.07, 6.45) is 8.00. The predicted molar refractivity (Wildman–Crippen MR) is 134 cm³/mol. The van der Waals surface area contributed by atoms with Crippen molar-refractivity contribution in [2.45, 2.75) is 32.7 Å². The number of hydrogen-bond donors (Lipinski definition) is 2. The van der Waals surface area contributed by atoms with Crippen molar-refractivity contribution in [2.75, 3.05) is 14.1 Å². The van der Waals surface area contributed by atoms with Gasteiger partial charge in [0.1, 0.15) is 12.4 Å². The van der Waals surface area contributed by atoms with Gasteiger partial charge in [0, 0.05) is 44.5 Å². The molecule has 0 saturated carbocycles. The van der Waals surface area contributed by atoms with Crippen LogP contribution in [0, 0.1) is 5.92 Å². The van der Waals surface area contributed by atoms with Crippen molar-refractivity contribution in [3.8, 4) is 11.5 Å². The van der Waals surface area contributed by atoms with Crippen LogP contribution in [0.15, 0.2) is 58.8 Å². The highest BCUT2D eigenvalue weighted by atomic mass is 16.5. The highest BCUT2D eigenvalue weighted by Gasteiger charge is 2.38. The molecule has 0 aliphatic carbocycles. The predicted octanol–water partition coefficient (Wildman–Crippen LogP) is 2.18. The molecule has 0 unspecified atom stereocenters. The maximum Gasteiger partial charge on any atom is 0.261 e. The molecule has 4 N–H and O–H groups in total. The summed E-state index contributed by atoms with van der Waals surface area (Å²) in [6, 6.07) is 3.81. The zero-order chi connectivity index (χ0) is 25.8. The van der Waals surface area contributed by atoms with E-state index in [9.17, 15) is 4.79 Å². The fraction of sp³-hybridized carbons (Fsp3) is 0.333. The van der Waals surface area contributed by atoms with Crippen LogP contribution in [0.2, 0.25) is 0 Å². The van der Waals surface area contributed by atoms with Crippen molar-refractivity contribution in [2.24, 2.45) is 22.4 Å². The van der Waals surface area contributed by atoms with Gasteiger partial charge in [-0.05, 0) is 24.5 Å². The monoisotopic (exact) mass is 477 g/mol. The lowest BCUT2D eigenvalue weighted by Gasteiger charge is -2.30. The molecule has 11 heteroatoms. The molecule has 3 heterocycles. The molecule has 3 aromatic heterocycles. The zero-order valence-corrected chi connectivity index (χ0v) is 20.6. The molecule has 35 heavy (non-hydrogen) atoms. The maximum atomic E-state index is 12.0. The van der Waals surface area contributed by atoms with Crippen molar-refractivity contribution < 1.29 is 9.32 Å². The first-order chi connectivity index (χ1) is 16.6. The number of amides is 1. The van der Waals surface area contributed by atoms with Gasteiger partial charge in [0.15, 0.2) is 5.82 Å². The molecule has 3 rings (SSSR count). The summed E-state index contributed by atoms with van der Waals surface area (Å²) < 4.78 is 7.11. The lowest BCUT2D eigenvalue weighted by atomic mass is 9.73. The first-order valence-electron chi connectivity index (χ1n) is 11.0. The second-order valence-corrected chi connectivity index (χ2v) is 8.80. The van der Waals surface area contributed by atoms with Crippen LogP contribution in [-0.4, -0.2) is 56.0 Å². The highest BCUT2D eigenvalue weighted by molar-refractivity contribution is 6.09. The molecule has 0 saturated heterocycles. The summed E-state index contributed by atoms with van der Waals surface area (Å²) in [5, 5.41) is 8.51. The molecule has 0 bridgehead atoms. The van der Waals surface area contributed by atoms with E-state index in [1.807, 2.05) is 19.1 Å². The van der Waals surface area contributed by atoms with E-state index in [2.05, 4.69) is 45.6 Å². The molecule has 11 nitrogen and oxygen atoms in total. The lowest BCUT2D eigenvalue weighted by Crippen LogP contribution is -2.31. The summed E-state index contributed by atoms with van der Waals surface area (Å²) in [5.41, 5.74) is 13.4. The second kappa shape index (κ2) is 10.3. The maximum absolute atomic E-state index is 12.0. The summed E-state index contributed by atoms with van der Waals surface area (Å²) in [6.45, 7) is 9.88. The van der Waals surface area contributed by atoms with Crippen LogP contribution in [0.3, 0.4) is 0 Å². The number of hydrogen-bond acceptors (Lipinski definition) is 9. The molecule has 0 aliphatic heterocycles. The minimum atomic E-state index is -0.587. The number of nitrogens with two attached hydrogens (primary N) is 2. The van der Waals surface area contributed by atoms with Crippen molar-refractivity contribution in [1.29, 1.82) is 0 Å². The Morgan fingerprint density at radius 1 is 1.34 bits per heavy atom. The highest BCUT2D eigenvalue weighted by Crippen LogP contribution is 2.38. The summed E-state index contributed by atoms with van der Waals surface area (Å²) in [7, 11) is 3.39. The number of rotatable bonds is 9. The Bertz CT molecular complexity index is 1250. The van der Waals surface area contributed by atoms with E-state index < -0.39 is 5.41 Å². The van der Waals surface area contributed by atoms with Gasteiger partial charge in [0.05, 0.1) is 22.9 Å². The molecule has 184 valence electrons. The third-order valence-corrected chi connectivity index (χ3v) is 5.93. The van der Waals surface area contributed by atoms with E-state index in [0.29, 0.717) is 28.5 Å². The number of aromatic nitrogens is 5. The number of carbonyl (C=O) groups excluding carboxylic acids is 1. The average molecular weight is 478 g/mol. The van der Waals surface area contributed by atoms with Gasteiger partial charge in [-0.3, -0.25) is 14.5 Å². The Kier molecular flexibility index (Phi) is 7.48. The van der Waals surface area contributed by atoms with Gasteiger partial charge in [-0.2, -0.15) is 10.1 Å². The van der Waals surface area contributed by atoms with Crippen LogP contribution in [0.1, 0.15) is 37.9 Å². The number of allylic oxidation sites excluding steroid dienone is 1. The van der Waals surface area contributed by atoms with Crippen molar-refractivity contribution in [3.05, 3.63) is 66.4 Å². The van der Waals surface area contributed by atoms with Gasteiger partial charge in [-0.15, -0.1) is 0 Å². The van der Waals surface area contributed by atoms with Gasteiger partial charge in [0.25, 0.3) is 5.89 Å². The number of nitrogens with zero attached hydrogens (tertiary/aromatic N) is 7. The summed E-state index contributed by atoms with van der Waals surface area (Å²) >= 11 is 0. The van der Waals surface area contributed by atoms with Crippen molar-refractivity contribution in [3.63, 3.8) is 0 Å². The number of aliphatic imine (C=N–C) groups is 1. The van der Waals surface area contributed by atoms with Gasteiger partial charge in [-0.1, -0.05) is 31.6 Å². The molecule has 1 atom stereocenters. The lowest BCUT2D eigenvalue weighted by molar-refractivity contribution is -0.129. The van der Waals surface area contributed by atoms with Crippen LogP contribution in [0.4, 0.5) is 0 Å². The molecule has 0 aliphatic rings. The SMILES string of the molecule is C=C(N)N=C/C(=C\N)c1ccc([C@@](C)(c2noc(-c3cnn(CC(=O)N(C)C)c3)n2)C(C)C)cn1. The second-order valence-electron chi connectivity index (χ2n) is 8.80. The smallest absolute Gasteiger partial charge is 0.261 e. The third-order valence-electron chi connectivity index (χ3n) is 5.93. The van der Waals surface area contributed by atoms with Crippen LogP contribution in [0.5, 0.6) is 0 Å². The topological polar surface area (TPSA) is 154 Å². The molecule has 0 spiro atoms. The first kappa shape index (κ1) is 25.3. The van der Waals surface area contributed by atoms with E-state index >= 15 is 0 Å².